The summed E-state index contributed by atoms with van der Waals surface area (Å²) in [6, 6.07) is 4.72. The molecule has 12 heteroatoms. The van der Waals surface area contributed by atoms with E-state index >= 15 is 0 Å². The number of benzene rings is 1. The topological polar surface area (TPSA) is 154 Å². The second-order valence-corrected chi connectivity index (χ2v) is 8.48. The van der Waals surface area contributed by atoms with Crippen molar-refractivity contribution >= 4 is 34.8 Å². The van der Waals surface area contributed by atoms with Gasteiger partial charge in [0.1, 0.15) is 24.0 Å². The van der Waals surface area contributed by atoms with Gasteiger partial charge in [-0.15, -0.1) is 0 Å². The third kappa shape index (κ3) is 6.64. The number of hydrogen-bond acceptors (Lipinski definition) is 12. The molecule has 1 fully saturated rings. The second kappa shape index (κ2) is 11.4. The van der Waals surface area contributed by atoms with Crippen LogP contribution in [0.2, 0.25) is 0 Å². The zero-order valence-corrected chi connectivity index (χ0v) is 21.2. The van der Waals surface area contributed by atoms with Gasteiger partial charge in [-0.1, -0.05) is 0 Å². The molecule has 3 rings (SSSR count). The maximum atomic E-state index is 12.1. The van der Waals surface area contributed by atoms with Crippen LogP contribution in [0.25, 0.3) is 11.0 Å². The molecule has 1 aliphatic heterocycles. The molecule has 1 saturated heterocycles. The molecule has 1 aromatic carbocycles. The summed E-state index contributed by atoms with van der Waals surface area (Å²) < 4.78 is 38.4. The molecule has 5 atom stereocenters. The van der Waals surface area contributed by atoms with Gasteiger partial charge in [0.2, 0.25) is 12.4 Å². The van der Waals surface area contributed by atoms with Crippen molar-refractivity contribution in [1.29, 1.82) is 0 Å². The predicted octanol–water partition coefficient (Wildman–Crippen LogP) is 1.87. The molecule has 0 N–H and O–H groups in total. The van der Waals surface area contributed by atoms with Crippen LogP contribution < -0.4 is 10.4 Å². The lowest BCUT2D eigenvalue weighted by Crippen LogP contribution is -2.63. The third-order valence-corrected chi connectivity index (χ3v) is 5.63. The van der Waals surface area contributed by atoms with E-state index in [-0.39, 0.29) is 17.9 Å². The van der Waals surface area contributed by atoms with Crippen molar-refractivity contribution in [3.63, 3.8) is 0 Å². The first-order chi connectivity index (χ1) is 17.4. The average molecular weight is 520 g/mol. The fourth-order valence-corrected chi connectivity index (χ4v) is 3.92. The SMILES string of the molecule is CC(=O)OC[C@H]1O[C@@H](Oc2ccc3c(C)c(C)c(=O)oc3c2)[C@H](OC(C)=O)[C@@H](OC(C)=O)[C@H]1OC(C)=O. The summed E-state index contributed by atoms with van der Waals surface area (Å²) in [6.45, 7) is 7.61. The van der Waals surface area contributed by atoms with Crippen LogP contribution in [0.15, 0.2) is 27.4 Å². The Morgan fingerprint density at radius 2 is 1.41 bits per heavy atom. The minimum Gasteiger partial charge on any atom is -0.463 e. The van der Waals surface area contributed by atoms with Gasteiger partial charge in [0.05, 0.1) is 0 Å². The lowest BCUT2D eigenvalue weighted by molar-refractivity contribution is -0.288. The molecule has 2 heterocycles. The van der Waals surface area contributed by atoms with Crippen LogP contribution in [-0.4, -0.2) is 61.2 Å². The van der Waals surface area contributed by atoms with E-state index in [9.17, 15) is 24.0 Å². The Hall–Kier alpha value is -3.93. The first-order valence-corrected chi connectivity index (χ1v) is 11.4. The Labute approximate surface area is 211 Å². The van der Waals surface area contributed by atoms with Crippen molar-refractivity contribution in [2.75, 3.05) is 6.61 Å². The number of esters is 4. The van der Waals surface area contributed by atoms with Crippen LogP contribution in [0.3, 0.4) is 0 Å². The third-order valence-electron chi connectivity index (χ3n) is 5.63. The molecule has 2 aromatic rings. The number of fused-ring (bicyclic) bond motifs is 1. The Kier molecular flexibility index (Phi) is 8.53. The number of aryl methyl sites for hydroxylation is 1. The number of carbonyl (C=O) groups is 4. The van der Waals surface area contributed by atoms with E-state index in [0.717, 1.165) is 26.3 Å². The van der Waals surface area contributed by atoms with Gasteiger partial charge in [-0.2, -0.15) is 0 Å². The first kappa shape index (κ1) is 27.7. The number of carbonyl (C=O) groups excluding carboxylic acids is 4. The maximum absolute atomic E-state index is 12.1. The van der Waals surface area contributed by atoms with Gasteiger partial charge in [0.15, 0.2) is 12.2 Å². The Balaban J connectivity index is 2.04. The first-order valence-electron chi connectivity index (χ1n) is 11.4. The highest BCUT2D eigenvalue weighted by molar-refractivity contribution is 5.82. The highest BCUT2D eigenvalue weighted by atomic mass is 16.7. The van der Waals surface area contributed by atoms with Crippen LogP contribution in [0.5, 0.6) is 5.75 Å². The molecule has 0 amide bonds. The lowest BCUT2D eigenvalue weighted by Gasteiger charge is -2.43. The van der Waals surface area contributed by atoms with Crippen molar-refractivity contribution in [3.05, 3.63) is 39.7 Å². The van der Waals surface area contributed by atoms with E-state index < -0.39 is 60.2 Å². The van der Waals surface area contributed by atoms with Crippen LogP contribution >= 0.6 is 0 Å². The largest absolute Gasteiger partial charge is 0.463 e. The van der Waals surface area contributed by atoms with Crippen LogP contribution in [-0.2, 0) is 42.9 Å². The molecule has 1 aliphatic rings. The Bertz CT molecular complexity index is 1260. The molecular formula is C25H28O12. The van der Waals surface area contributed by atoms with Crippen molar-refractivity contribution in [2.45, 2.75) is 72.2 Å². The molecule has 1 aromatic heterocycles. The van der Waals surface area contributed by atoms with Crippen LogP contribution in [0.1, 0.15) is 38.8 Å². The van der Waals surface area contributed by atoms with Gasteiger partial charge in [-0.05, 0) is 31.5 Å². The smallest absolute Gasteiger partial charge is 0.339 e. The van der Waals surface area contributed by atoms with E-state index in [1.807, 2.05) is 0 Å². The van der Waals surface area contributed by atoms with Gasteiger partial charge in [0, 0.05) is 44.7 Å². The highest BCUT2D eigenvalue weighted by Gasteiger charge is 2.53. The minimum atomic E-state index is -1.41. The maximum Gasteiger partial charge on any atom is 0.339 e. The molecule has 0 bridgehead atoms. The van der Waals surface area contributed by atoms with E-state index in [1.165, 1.54) is 13.0 Å². The second-order valence-electron chi connectivity index (χ2n) is 8.48. The number of ether oxygens (including phenoxy) is 6. The zero-order chi connectivity index (χ0) is 27.4. The molecule has 0 unspecified atom stereocenters. The lowest BCUT2D eigenvalue weighted by atomic mass is 9.98. The molecule has 12 nitrogen and oxygen atoms in total. The van der Waals surface area contributed by atoms with E-state index in [1.54, 1.807) is 26.0 Å². The van der Waals surface area contributed by atoms with Gasteiger partial charge < -0.3 is 32.8 Å². The van der Waals surface area contributed by atoms with Gasteiger partial charge in [0.25, 0.3) is 0 Å². The predicted molar refractivity (Wildman–Crippen MR) is 125 cm³/mol. The zero-order valence-electron chi connectivity index (χ0n) is 21.2. The fourth-order valence-electron chi connectivity index (χ4n) is 3.92. The molecule has 0 aliphatic carbocycles. The van der Waals surface area contributed by atoms with Crippen molar-refractivity contribution in [3.8, 4) is 5.75 Å². The van der Waals surface area contributed by atoms with Crippen molar-refractivity contribution < 1.29 is 52.0 Å². The monoisotopic (exact) mass is 520 g/mol. The minimum absolute atomic E-state index is 0.166. The average Bonchev–Trinajstić information content (AvgIpc) is 2.79. The van der Waals surface area contributed by atoms with Gasteiger partial charge >= 0.3 is 29.5 Å². The number of rotatable bonds is 7. The van der Waals surface area contributed by atoms with Gasteiger partial charge in [-0.3, -0.25) is 19.2 Å². The molecule has 37 heavy (non-hydrogen) atoms. The summed E-state index contributed by atoms with van der Waals surface area (Å²) in [5.41, 5.74) is 0.955. The molecular weight excluding hydrogens is 492 g/mol. The quantitative estimate of drug-likeness (QED) is 0.297. The van der Waals surface area contributed by atoms with Crippen LogP contribution in [0, 0.1) is 13.8 Å². The van der Waals surface area contributed by atoms with E-state index in [2.05, 4.69) is 0 Å². The molecule has 0 saturated carbocycles. The summed E-state index contributed by atoms with van der Waals surface area (Å²) in [6.07, 6.45) is -6.62. The number of hydrogen-bond donors (Lipinski definition) is 0. The molecule has 200 valence electrons. The van der Waals surface area contributed by atoms with Crippen molar-refractivity contribution in [1.82, 2.24) is 0 Å². The summed E-state index contributed by atoms with van der Waals surface area (Å²) in [4.78, 5) is 59.3. The standard InChI is InChI=1S/C25H28O12/c1-11-12(2)24(30)36-19-9-17(7-8-18(11)19)35-25-23(34-16(6)29)22(33-15(5)28)21(32-14(4)27)20(37-25)10-31-13(3)26/h7-9,20-23,25H,10H2,1-6H3/t20-,21+,22+,23-,25-/m1/s1. The Morgan fingerprint density at radius 1 is 0.811 bits per heavy atom. The van der Waals surface area contributed by atoms with E-state index in [0.29, 0.717) is 10.9 Å². The molecule has 0 radical (unpaired) electrons. The van der Waals surface area contributed by atoms with Crippen molar-refractivity contribution in [2.24, 2.45) is 0 Å². The van der Waals surface area contributed by atoms with E-state index in [4.69, 9.17) is 32.8 Å². The highest BCUT2D eigenvalue weighted by Crippen LogP contribution is 2.32. The molecule has 0 spiro atoms. The normalized spacial score (nSPS) is 23.1. The summed E-state index contributed by atoms with van der Waals surface area (Å²) in [7, 11) is 0. The summed E-state index contributed by atoms with van der Waals surface area (Å²) in [5.74, 6) is -2.72. The summed E-state index contributed by atoms with van der Waals surface area (Å²) >= 11 is 0. The van der Waals surface area contributed by atoms with Gasteiger partial charge in [-0.25, -0.2) is 4.79 Å². The fraction of sp³-hybridized carbons (Fsp3) is 0.480. The van der Waals surface area contributed by atoms with Crippen LogP contribution in [0.4, 0.5) is 0 Å². The summed E-state index contributed by atoms with van der Waals surface area (Å²) in [5, 5.41) is 0.686. The Morgan fingerprint density at radius 3 is 2.00 bits per heavy atom.